The number of ether oxygens (including phenoxy) is 1. The van der Waals surface area contributed by atoms with Gasteiger partial charge < -0.3 is 31.3 Å². The maximum Gasteiger partial charge on any atom is 0.303 e. The molecule has 0 radical (unpaired) electrons. The van der Waals surface area contributed by atoms with Crippen LogP contribution in [0.3, 0.4) is 0 Å². The number of carbonyl (C=O) groups is 4. The fourth-order valence-corrected chi connectivity index (χ4v) is 4.79. The number of carbonyl (C=O) groups excluding carboxylic acids is 3. The summed E-state index contributed by atoms with van der Waals surface area (Å²) < 4.78 is 5.85. The molecule has 0 aliphatic rings. The van der Waals surface area contributed by atoms with Crippen LogP contribution in [0.2, 0.25) is 0 Å². The Kier molecular flexibility index (Phi) is 14.8. The second-order valence-corrected chi connectivity index (χ2v) is 11.6. The topological polar surface area (TPSA) is 168 Å². The van der Waals surface area contributed by atoms with Crippen LogP contribution in [-0.2, 0) is 27.2 Å². The highest BCUT2D eigenvalue weighted by Crippen LogP contribution is 2.22. The summed E-state index contributed by atoms with van der Waals surface area (Å²) in [6.07, 6.45) is -0.925. The molecule has 0 bridgehead atoms. The number of rotatable bonds is 15. The highest BCUT2D eigenvalue weighted by atomic mass is 16.5. The van der Waals surface area contributed by atoms with Gasteiger partial charge in [-0.15, -0.1) is 0 Å². The van der Waals surface area contributed by atoms with E-state index in [1.54, 1.807) is 42.5 Å². The van der Waals surface area contributed by atoms with Gasteiger partial charge in [0.15, 0.2) is 0 Å². The van der Waals surface area contributed by atoms with E-state index in [1.165, 1.54) is 0 Å². The average Bonchev–Trinajstić information content (AvgIpc) is 3.07. The van der Waals surface area contributed by atoms with Gasteiger partial charge >= 0.3 is 5.97 Å². The van der Waals surface area contributed by atoms with Gasteiger partial charge in [0.05, 0.1) is 18.6 Å². The highest BCUT2D eigenvalue weighted by Gasteiger charge is 2.29. The Labute approximate surface area is 281 Å². The first-order valence-corrected chi connectivity index (χ1v) is 15.7. The number of nitrogens with two attached hydrogens (primary N) is 1. The summed E-state index contributed by atoms with van der Waals surface area (Å²) in [6, 6.07) is 33.1. The summed E-state index contributed by atoms with van der Waals surface area (Å²) in [5.41, 5.74) is 7.15. The summed E-state index contributed by atoms with van der Waals surface area (Å²) in [7, 11) is 0. The molecule has 4 aromatic rings. The Hall–Kier alpha value is -5.48. The molecule has 4 rings (SSSR count). The Balaban J connectivity index is 0.000000598. The van der Waals surface area contributed by atoms with Gasteiger partial charge in [-0.05, 0) is 66.3 Å². The molecule has 0 saturated carbocycles. The van der Waals surface area contributed by atoms with Crippen molar-refractivity contribution in [1.29, 1.82) is 0 Å². The van der Waals surface area contributed by atoms with Crippen LogP contribution in [0.15, 0.2) is 115 Å². The average molecular weight is 654 g/mol. The lowest BCUT2D eigenvalue weighted by atomic mass is 9.96. The molecule has 3 atom stereocenters. The van der Waals surface area contributed by atoms with Crippen molar-refractivity contribution in [3.63, 3.8) is 0 Å². The van der Waals surface area contributed by atoms with Gasteiger partial charge in [-0.3, -0.25) is 19.2 Å². The van der Waals surface area contributed by atoms with Crippen LogP contribution in [0.1, 0.15) is 48.2 Å². The fourth-order valence-electron chi connectivity index (χ4n) is 4.79. The molecular weight excluding hydrogens is 610 g/mol. The van der Waals surface area contributed by atoms with Crippen LogP contribution < -0.4 is 21.1 Å². The van der Waals surface area contributed by atoms with Crippen molar-refractivity contribution in [2.75, 3.05) is 0 Å². The molecule has 10 nitrogen and oxygen atoms in total. The van der Waals surface area contributed by atoms with Crippen LogP contribution in [0, 0.1) is 5.92 Å². The molecule has 3 unspecified atom stereocenters. The second-order valence-electron chi connectivity index (χ2n) is 11.6. The minimum atomic E-state index is -1.07. The molecule has 3 amide bonds. The zero-order valence-electron chi connectivity index (χ0n) is 27.1. The summed E-state index contributed by atoms with van der Waals surface area (Å²) in [6.45, 7) is 3.65. The van der Waals surface area contributed by atoms with E-state index in [-0.39, 0.29) is 37.0 Å². The molecule has 0 heterocycles. The lowest BCUT2D eigenvalue weighted by Crippen LogP contribution is -2.55. The predicted molar refractivity (Wildman–Crippen MR) is 183 cm³/mol. The molecule has 10 heteroatoms. The number of aliphatic hydroxyl groups excluding tert-OH is 1. The minimum Gasteiger partial charge on any atom is -0.481 e. The van der Waals surface area contributed by atoms with E-state index in [9.17, 15) is 24.3 Å². The quantitative estimate of drug-likeness (QED) is 0.122. The number of primary amides is 1. The summed E-state index contributed by atoms with van der Waals surface area (Å²) >= 11 is 0. The zero-order valence-corrected chi connectivity index (χ0v) is 27.1. The van der Waals surface area contributed by atoms with Crippen molar-refractivity contribution in [2.45, 2.75) is 57.7 Å². The van der Waals surface area contributed by atoms with Crippen molar-refractivity contribution in [3.05, 3.63) is 132 Å². The minimum absolute atomic E-state index is 0.00674. The first-order valence-electron chi connectivity index (χ1n) is 15.7. The van der Waals surface area contributed by atoms with Crippen molar-refractivity contribution in [1.82, 2.24) is 10.6 Å². The monoisotopic (exact) mass is 653 g/mol. The van der Waals surface area contributed by atoms with Gasteiger partial charge in [0.1, 0.15) is 17.5 Å². The summed E-state index contributed by atoms with van der Waals surface area (Å²) in [5.74, 6) is -1.10. The SMILES string of the molecule is CC(C)C(NC(=O)Cc1cccc(Oc2ccccc2)c1)C(=O)NC(Cc1ccccc1)C(O)CCC(=O)O.NC(=O)c1ccccc1. The Morgan fingerprint density at radius 1 is 0.750 bits per heavy atom. The first kappa shape index (κ1) is 37.0. The smallest absolute Gasteiger partial charge is 0.303 e. The third-order valence-corrected chi connectivity index (χ3v) is 7.31. The lowest BCUT2D eigenvalue weighted by Gasteiger charge is -2.28. The molecule has 0 aliphatic carbocycles. The lowest BCUT2D eigenvalue weighted by molar-refractivity contribution is -0.137. The van der Waals surface area contributed by atoms with Gasteiger partial charge in [0, 0.05) is 12.0 Å². The molecule has 48 heavy (non-hydrogen) atoms. The number of benzene rings is 4. The summed E-state index contributed by atoms with van der Waals surface area (Å²) in [5, 5.41) is 25.4. The molecule has 0 aromatic heterocycles. The molecule has 0 aliphatic heterocycles. The van der Waals surface area contributed by atoms with Crippen LogP contribution >= 0.6 is 0 Å². The number of amides is 3. The van der Waals surface area contributed by atoms with E-state index in [0.717, 1.165) is 11.1 Å². The number of nitrogens with one attached hydrogen (secondary N) is 2. The third kappa shape index (κ3) is 13.1. The normalized spacial score (nSPS) is 12.4. The fraction of sp³-hybridized carbons (Fsp3) is 0.263. The van der Waals surface area contributed by atoms with Crippen LogP contribution in [-0.4, -0.2) is 52.1 Å². The van der Waals surface area contributed by atoms with E-state index >= 15 is 0 Å². The molecule has 0 saturated heterocycles. The van der Waals surface area contributed by atoms with Gasteiger partial charge in [-0.2, -0.15) is 0 Å². The molecule has 252 valence electrons. The van der Waals surface area contributed by atoms with Crippen LogP contribution in [0.25, 0.3) is 0 Å². The number of aliphatic carboxylic acids is 1. The van der Waals surface area contributed by atoms with E-state index < -0.39 is 30.1 Å². The van der Waals surface area contributed by atoms with E-state index in [4.69, 9.17) is 15.6 Å². The highest BCUT2D eigenvalue weighted by molar-refractivity contribution is 5.92. The van der Waals surface area contributed by atoms with Crippen molar-refractivity contribution >= 4 is 23.7 Å². The largest absolute Gasteiger partial charge is 0.481 e. The Bertz CT molecular complexity index is 1600. The van der Waals surface area contributed by atoms with E-state index in [1.807, 2.05) is 86.6 Å². The van der Waals surface area contributed by atoms with Gasteiger partial charge in [-0.1, -0.05) is 92.7 Å². The van der Waals surface area contributed by atoms with E-state index in [2.05, 4.69) is 10.6 Å². The van der Waals surface area contributed by atoms with Crippen molar-refractivity contribution in [2.24, 2.45) is 11.7 Å². The number of hydrogen-bond donors (Lipinski definition) is 5. The molecular formula is C38H43N3O7. The van der Waals surface area contributed by atoms with E-state index in [0.29, 0.717) is 23.5 Å². The van der Waals surface area contributed by atoms with Gasteiger partial charge in [-0.25, -0.2) is 0 Å². The number of para-hydroxylation sites is 1. The summed E-state index contributed by atoms with van der Waals surface area (Å²) in [4.78, 5) is 47.7. The Morgan fingerprint density at radius 2 is 1.31 bits per heavy atom. The van der Waals surface area contributed by atoms with Crippen molar-refractivity contribution in [3.8, 4) is 11.5 Å². The maximum absolute atomic E-state index is 13.3. The number of carboxylic acids is 1. The Morgan fingerprint density at radius 3 is 1.88 bits per heavy atom. The maximum atomic E-state index is 13.3. The van der Waals surface area contributed by atoms with Crippen LogP contribution in [0.5, 0.6) is 11.5 Å². The molecule has 0 spiro atoms. The standard InChI is InChI=1S/C31H36N2O6.C7H7NO/c1-21(2)30(31(38)32-26(27(34)16-17-29(36)37)19-22-10-5-3-6-11-22)33-28(35)20-23-12-9-15-25(18-23)39-24-13-7-4-8-14-24;8-7(9)6-4-2-1-3-5-6/h3-15,18,21,26-27,30,34H,16-17,19-20H2,1-2H3,(H,32,38)(H,33,35)(H,36,37);1-5H,(H2,8,9). The zero-order chi connectivity index (χ0) is 34.9. The molecule has 0 fully saturated rings. The number of aliphatic hydroxyl groups is 1. The van der Waals surface area contributed by atoms with Crippen molar-refractivity contribution < 1.29 is 34.1 Å². The predicted octanol–water partition coefficient (Wildman–Crippen LogP) is 4.90. The third-order valence-electron chi connectivity index (χ3n) is 7.31. The first-order chi connectivity index (χ1) is 23.0. The van der Waals surface area contributed by atoms with Crippen LogP contribution in [0.4, 0.5) is 0 Å². The van der Waals surface area contributed by atoms with Gasteiger partial charge in [0.25, 0.3) is 0 Å². The number of carboxylic acid groups (broad SMARTS) is 1. The molecule has 6 N–H and O–H groups in total. The van der Waals surface area contributed by atoms with Gasteiger partial charge in [0.2, 0.25) is 17.7 Å². The second kappa shape index (κ2) is 19.2. The number of hydrogen-bond acceptors (Lipinski definition) is 6. The molecule has 4 aromatic carbocycles.